The van der Waals surface area contributed by atoms with E-state index in [0.29, 0.717) is 29.8 Å². The van der Waals surface area contributed by atoms with Crippen LogP contribution in [0.2, 0.25) is 0 Å². The zero-order valence-corrected chi connectivity index (χ0v) is 15.9. The molecule has 5 heterocycles. The van der Waals surface area contributed by atoms with Gasteiger partial charge in [0.2, 0.25) is 5.95 Å². The number of rotatable bonds is 5. The minimum atomic E-state index is -4.59. The third kappa shape index (κ3) is 4.00. The van der Waals surface area contributed by atoms with Crippen LogP contribution in [-0.4, -0.2) is 38.7 Å². The maximum Gasteiger partial charge on any atom is 0.433 e. The highest BCUT2D eigenvalue weighted by molar-refractivity contribution is 5.63. The highest BCUT2D eigenvalue weighted by Crippen LogP contribution is 2.40. The van der Waals surface area contributed by atoms with E-state index in [2.05, 4.69) is 30.6 Å². The summed E-state index contributed by atoms with van der Waals surface area (Å²) in [5.41, 5.74) is -0.595. The summed E-state index contributed by atoms with van der Waals surface area (Å²) in [6, 6.07) is 7.91. The van der Waals surface area contributed by atoms with Crippen molar-refractivity contribution >= 4 is 17.3 Å². The molecule has 0 spiro atoms. The van der Waals surface area contributed by atoms with Crippen LogP contribution in [0.5, 0.6) is 0 Å². The minimum absolute atomic E-state index is 0.0151. The lowest BCUT2D eigenvalue weighted by atomic mass is 9.80. The van der Waals surface area contributed by atoms with Gasteiger partial charge >= 0.3 is 6.18 Å². The third-order valence-corrected chi connectivity index (χ3v) is 5.28. The molecule has 3 aromatic heterocycles. The van der Waals surface area contributed by atoms with E-state index in [0.717, 1.165) is 12.5 Å². The quantitative estimate of drug-likeness (QED) is 0.465. The number of fused-ring (bicyclic) bond motifs is 1. The normalized spacial score (nSPS) is 22.1. The Morgan fingerprint density at radius 1 is 1.03 bits per heavy atom. The Balaban J connectivity index is 1.50. The average Bonchev–Trinajstić information content (AvgIpc) is 3.38. The molecule has 3 aliphatic rings. The van der Waals surface area contributed by atoms with Crippen LogP contribution in [0.1, 0.15) is 12.1 Å². The lowest BCUT2D eigenvalue weighted by Gasteiger charge is -2.34. The maximum absolute atomic E-state index is 13.1. The highest BCUT2D eigenvalue weighted by atomic mass is 19.4. The molecule has 0 radical (unpaired) electrons. The standard InChI is InChI=1S/C20H16F4N6O/c21-15-5-4-11(8-25-15)26-16-7-17(28-18-10-6-13(18)31-9-10)30-19(29-16)12-2-1-3-14(27-12)20(22,23)24/h1-5,7-8,10,13,18H,6,9H2,(H2,26,28,29,30)/t10?,13?,18-/m1/s1. The Kier molecular flexibility index (Phi) is 4.69. The van der Waals surface area contributed by atoms with Crippen molar-refractivity contribution in [1.29, 1.82) is 0 Å². The Morgan fingerprint density at radius 2 is 1.87 bits per heavy atom. The van der Waals surface area contributed by atoms with Gasteiger partial charge in [0.25, 0.3) is 0 Å². The molecule has 3 fully saturated rings. The number of hydrogen-bond donors (Lipinski definition) is 2. The highest BCUT2D eigenvalue weighted by Gasteiger charge is 2.48. The number of alkyl halides is 3. The van der Waals surface area contributed by atoms with Crippen molar-refractivity contribution < 1.29 is 22.3 Å². The van der Waals surface area contributed by atoms with Gasteiger partial charge in [0.05, 0.1) is 30.6 Å². The molecule has 6 rings (SSSR count). The maximum atomic E-state index is 13.1. The molecule has 1 aliphatic carbocycles. The number of nitrogens with zero attached hydrogens (tertiary/aromatic N) is 4. The Hall–Kier alpha value is -3.34. The number of aromatic nitrogens is 4. The van der Waals surface area contributed by atoms with Gasteiger partial charge in [-0.2, -0.15) is 17.6 Å². The lowest BCUT2D eigenvalue weighted by molar-refractivity contribution is -0.141. The van der Waals surface area contributed by atoms with Crippen LogP contribution in [-0.2, 0) is 10.9 Å². The van der Waals surface area contributed by atoms with Crippen LogP contribution in [0, 0.1) is 11.9 Å². The molecular weight excluding hydrogens is 416 g/mol. The van der Waals surface area contributed by atoms with Gasteiger partial charge in [-0.3, -0.25) is 0 Å². The zero-order chi connectivity index (χ0) is 21.6. The second-order valence-electron chi connectivity index (χ2n) is 7.40. The molecule has 2 N–H and O–H groups in total. The van der Waals surface area contributed by atoms with Gasteiger partial charge in [0.15, 0.2) is 5.82 Å². The SMILES string of the molecule is Fc1ccc(Nc2cc(N[C@@H]3C4COC3C4)nc(-c3cccc(C(F)(F)F)n3)n2)cn1. The second-order valence-corrected chi connectivity index (χ2v) is 7.40. The molecule has 160 valence electrons. The molecule has 31 heavy (non-hydrogen) atoms. The van der Waals surface area contributed by atoms with Crippen molar-refractivity contribution in [2.45, 2.75) is 24.7 Å². The molecule has 2 unspecified atom stereocenters. The van der Waals surface area contributed by atoms with E-state index in [1.165, 1.54) is 30.5 Å². The van der Waals surface area contributed by atoms with E-state index in [4.69, 9.17) is 4.74 Å². The fourth-order valence-corrected chi connectivity index (χ4v) is 3.69. The van der Waals surface area contributed by atoms with E-state index in [9.17, 15) is 17.6 Å². The van der Waals surface area contributed by atoms with Crippen molar-refractivity contribution in [2.75, 3.05) is 17.2 Å². The predicted octanol–water partition coefficient (Wildman–Crippen LogP) is 4.03. The van der Waals surface area contributed by atoms with E-state index in [1.807, 2.05) is 0 Å². The van der Waals surface area contributed by atoms with E-state index < -0.39 is 17.8 Å². The first-order chi connectivity index (χ1) is 14.8. The van der Waals surface area contributed by atoms with Gasteiger partial charge < -0.3 is 15.4 Å². The van der Waals surface area contributed by atoms with Crippen LogP contribution in [0.4, 0.5) is 34.9 Å². The topological polar surface area (TPSA) is 84.9 Å². The number of anilines is 3. The van der Waals surface area contributed by atoms with Crippen molar-refractivity contribution in [3.8, 4) is 11.5 Å². The lowest BCUT2D eigenvalue weighted by Crippen LogP contribution is -2.45. The van der Waals surface area contributed by atoms with Crippen molar-refractivity contribution in [3.05, 3.63) is 54.2 Å². The Bertz CT molecular complexity index is 1090. The number of hydrogen-bond acceptors (Lipinski definition) is 7. The molecule has 11 heteroatoms. The zero-order valence-electron chi connectivity index (χ0n) is 15.9. The monoisotopic (exact) mass is 432 g/mol. The van der Waals surface area contributed by atoms with Gasteiger partial charge in [-0.1, -0.05) is 6.07 Å². The molecule has 2 saturated heterocycles. The van der Waals surface area contributed by atoms with Crippen LogP contribution in [0.15, 0.2) is 42.6 Å². The summed E-state index contributed by atoms with van der Waals surface area (Å²) >= 11 is 0. The summed E-state index contributed by atoms with van der Waals surface area (Å²) in [7, 11) is 0. The van der Waals surface area contributed by atoms with Gasteiger partial charge in [0.1, 0.15) is 23.0 Å². The first-order valence-corrected chi connectivity index (χ1v) is 9.55. The number of pyridine rings is 2. The summed E-state index contributed by atoms with van der Waals surface area (Å²) in [6.45, 7) is 0.668. The smallest absolute Gasteiger partial charge is 0.376 e. The van der Waals surface area contributed by atoms with Gasteiger partial charge in [0, 0.05) is 12.0 Å². The summed E-state index contributed by atoms with van der Waals surface area (Å²) in [6.07, 6.45) is -2.24. The molecular formula is C20H16F4N6O. The average molecular weight is 432 g/mol. The van der Waals surface area contributed by atoms with Gasteiger partial charge in [-0.25, -0.2) is 19.9 Å². The molecule has 2 aliphatic heterocycles. The summed E-state index contributed by atoms with van der Waals surface area (Å²) < 4.78 is 58.0. The number of nitrogens with one attached hydrogen (secondary N) is 2. The fourth-order valence-electron chi connectivity index (χ4n) is 3.69. The van der Waals surface area contributed by atoms with Gasteiger partial charge in [-0.15, -0.1) is 0 Å². The largest absolute Gasteiger partial charge is 0.433 e. The molecule has 0 aromatic carbocycles. The Labute approximate surface area is 173 Å². The van der Waals surface area contributed by atoms with Crippen LogP contribution in [0.25, 0.3) is 11.5 Å². The molecule has 1 saturated carbocycles. The van der Waals surface area contributed by atoms with Crippen LogP contribution in [0.3, 0.4) is 0 Å². The third-order valence-electron chi connectivity index (χ3n) is 5.28. The summed E-state index contributed by atoms with van der Waals surface area (Å²) in [4.78, 5) is 15.9. The van der Waals surface area contributed by atoms with Gasteiger partial charge in [-0.05, 0) is 30.7 Å². The molecule has 3 atom stereocenters. The molecule has 7 nitrogen and oxygen atoms in total. The van der Waals surface area contributed by atoms with Crippen LogP contribution >= 0.6 is 0 Å². The predicted molar refractivity (Wildman–Crippen MR) is 103 cm³/mol. The second kappa shape index (κ2) is 7.41. The number of ether oxygens (including phenoxy) is 1. The fraction of sp³-hybridized carbons (Fsp3) is 0.300. The summed E-state index contributed by atoms with van der Waals surface area (Å²) in [5, 5.41) is 6.26. The van der Waals surface area contributed by atoms with E-state index >= 15 is 0 Å². The van der Waals surface area contributed by atoms with E-state index in [1.54, 1.807) is 6.07 Å². The molecule has 2 bridgehead atoms. The first-order valence-electron chi connectivity index (χ1n) is 9.55. The van der Waals surface area contributed by atoms with Crippen molar-refractivity contribution in [1.82, 2.24) is 19.9 Å². The number of halogens is 4. The van der Waals surface area contributed by atoms with E-state index in [-0.39, 0.29) is 23.7 Å². The van der Waals surface area contributed by atoms with Crippen molar-refractivity contribution in [3.63, 3.8) is 0 Å². The summed E-state index contributed by atoms with van der Waals surface area (Å²) in [5.74, 6) is 0.471. The molecule has 3 aromatic rings. The Morgan fingerprint density at radius 3 is 2.55 bits per heavy atom. The first kappa shape index (κ1) is 19.6. The minimum Gasteiger partial charge on any atom is -0.376 e. The van der Waals surface area contributed by atoms with Crippen molar-refractivity contribution in [2.24, 2.45) is 5.92 Å². The molecule has 0 amide bonds. The van der Waals surface area contributed by atoms with Crippen LogP contribution < -0.4 is 10.6 Å².